The summed E-state index contributed by atoms with van der Waals surface area (Å²) in [7, 11) is 0. The van der Waals surface area contributed by atoms with E-state index in [0.29, 0.717) is 0 Å². The molecule has 0 unspecified atom stereocenters. The van der Waals surface area contributed by atoms with Gasteiger partial charge in [0.05, 0.1) is 11.4 Å². The van der Waals surface area contributed by atoms with Crippen LogP contribution in [-0.2, 0) is 6.42 Å². The minimum atomic E-state index is 0.227. The lowest BCUT2D eigenvalue weighted by molar-refractivity contribution is 0.875. The van der Waals surface area contributed by atoms with E-state index in [0.717, 1.165) is 30.0 Å². The van der Waals surface area contributed by atoms with Gasteiger partial charge < -0.3 is 5.32 Å². The second kappa shape index (κ2) is 2.45. The van der Waals surface area contributed by atoms with Crippen molar-refractivity contribution in [3.63, 3.8) is 0 Å². The summed E-state index contributed by atoms with van der Waals surface area (Å²) in [5, 5.41) is 16.0. The molecule has 1 aliphatic heterocycles. The first kappa shape index (κ1) is 7.33. The molecular weight excluding hydrogens is 178 g/mol. The number of pyridine rings is 1. The van der Waals surface area contributed by atoms with Gasteiger partial charge in [-0.15, -0.1) is 5.10 Å². The summed E-state index contributed by atoms with van der Waals surface area (Å²) in [4.78, 5) is 4.07. The molecule has 5 heteroatoms. The van der Waals surface area contributed by atoms with Gasteiger partial charge in [-0.05, 0) is 12.1 Å². The fourth-order valence-corrected chi connectivity index (χ4v) is 1.76. The third-order valence-electron chi connectivity index (χ3n) is 2.38. The highest BCUT2D eigenvalue weighted by molar-refractivity contribution is 5.58. The van der Waals surface area contributed by atoms with Crippen molar-refractivity contribution in [1.82, 2.24) is 14.6 Å². The monoisotopic (exact) mass is 185 g/mol. The van der Waals surface area contributed by atoms with E-state index in [9.17, 15) is 0 Å². The van der Waals surface area contributed by atoms with Gasteiger partial charge in [0.1, 0.15) is 6.07 Å². The minimum Gasteiger partial charge on any atom is -0.383 e. The number of hydrogen-bond donors (Lipinski definition) is 1. The quantitative estimate of drug-likeness (QED) is 0.651. The molecule has 68 valence electrons. The Morgan fingerprint density at radius 1 is 1.50 bits per heavy atom. The molecule has 2 aromatic rings. The maximum atomic E-state index is 8.68. The zero-order valence-electron chi connectivity index (χ0n) is 7.36. The predicted octanol–water partition coefficient (Wildman–Crippen LogP) is 0.569. The third-order valence-corrected chi connectivity index (χ3v) is 2.38. The van der Waals surface area contributed by atoms with Crippen LogP contribution in [0, 0.1) is 11.3 Å². The highest BCUT2D eigenvalue weighted by Crippen LogP contribution is 2.22. The van der Waals surface area contributed by atoms with Crippen LogP contribution in [0.3, 0.4) is 0 Å². The molecular formula is C9H7N5. The maximum Gasteiger partial charge on any atom is 0.253 e. The lowest BCUT2D eigenvalue weighted by Gasteiger charge is -1.99. The Bertz CT molecular complexity index is 548. The molecule has 0 fully saturated rings. The summed E-state index contributed by atoms with van der Waals surface area (Å²) >= 11 is 0. The lowest BCUT2D eigenvalue weighted by atomic mass is 10.3. The molecule has 0 spiro atoms. The highest BCUT2D eigenvalue weighted by Gasteiger charge is 2.15. The summed E-state index contributed by atoms with van der Waals surface area (Å²) in [5.41, 5.74) is 2.94. The second-order valence-electron chi connectivity index (χ2n) is 3.19. The van der Waals surface area contributed by atoms with E-state index in [2.05, 4.69) is 15.4 Å². The predicted molar refractivity (Wildman–Crippen MR) is 49.9 cm³/mol. The summed E-state index contributed by atoms with van der Waals surface area (Å²) < 4.78 is 1.74. The molecule has 0 atom stereocenters. The van der Waals surface area contributed by atoms with Crippen molar-refractivity contribution in [2.24, 2.45) is 0 Å². The van der Waals surface area contributed by atoms with Gasteiger partial charge in [0.15, 0.2) is 5.65 Å². The van der Waals surface area contributed by atoms with Gasteiger partial charge in [0.2, 0.25) is 0 Å². The number of anilines is 1. The molecule has 0 amide bonds. The molecule has 0 aliphatic carbocycles. The van der Waals surface area contributed by atoms with Gasteiger partial charge in [0, 0.05) is 13.0 Å². The van der Waals surface area contributed by atoms with Gasteiger partial charge in [-0.1, -0.05) is 0 Å². The van der Waals surface area contributed by atoms with Crippen LogP contribution in [0.4, 0.5) is 5.69 Å². The summed E-state index contributed by atoms with van der Waals surface area (Å²) in [6.07, 6.45) is 0.931. The van der Waals surface area contributed by atoms with Crippen molar-refractivity contribution >= 4 is 11.3 Å². The normalized spacial score (nSPS) is 13.6. The molecule has 14 heavy (non-hydrogen) atoms. The lowest BCUT2D eigenvalue weighted by Crippen LogP contribution is -1.95. The third kappa shape index (κ3) is 0.823. The zero-order valence-corrected chi connectivity index (χ0v) is 7.36. The van der Waals surface area contributed by atoms with E-state index < -0.39 is 0 Å². The average Bonchev–Trinajstić information content (AvgIpc) is 2.82. The molecule has 0 bridgehead atoms. The molecule has 3 rings (SSSR count). The number of nitrogens with zero attached hydrogens (tertiary/aromatic N) is 4. The number of nitriles is 1. The van der Waals surface area contributed by atoms with E-state index >= 15 is 0 Å². The smallest absolute Gasteiger partial charge is 0.253 e. The van der Waals surface area contributed by atoms with Gasteiger partial charge in [-0.3, -0.25) is 0 Å². The van der Waals surface area contributed by atoms with Crippen LogP contribution in [0.1, 0.15) is 11.5 Å². The van der Waals surface area contributed by atoms with Crippen LogP contribution in [-0.4, -0.2) is 21.1 Å². The first-order valence-electron chi connectivity index (χ1n) is 4.41. The largest absolute Gasteiger partial charge is 0.383 e. The van der Waals surface area contributed by atoms with Crippen molar-refractivity contribution in [2.75, 3.05) is 11.9 Å². The van der Waals surface area contributed by atoms with Crippen molar-refractivity contribution in [3.8, 4) is 6.07 Å². The molecule has 1 aliphatic rings. The summed E-state index contributed by atoms with van der Waals surface area (Å²) in [6, 6.07) is 5.79. The van der Waals surface area contributed by atoms with E-state index in [1.165, 1.54) is 0 Å². The Morgan fingerprint density at radius 3 is 3.29 bits per heavy atom. The Morgan fingerprint density at radius 2 is 2.43 bits per heavy atom. The Balaban J connectivity index is 2.38. The van der Waals surface area contributed by atoms with Crippen molar-refractivity contribution < 1.29 is 0 Å². The Hall–Kier alpha value is -2.09. The number of hydrogen-bond acceptors (Lipinski definition) is 4. The number of rotatable bonds is 0. The number of fused-ring (bicyclic) bond motifs is 3. The molecule has 0 aromatic carbocycles. The minimum absolute atomic E-state index is 0.227. The maximum absolute atomic E-state index is 8.68. The van der Waals surface area contributed by atoms with Crippen LogP contribution in [0.2, 0.25) is 0 Å². The first-order chi connectivity index (χ1) is 6.88. The molecule has 2 aromatic heterocycles. The van der Waals surface area contributed by atoms with E-state index in [-0.39, 0.29) is 5.82 Å². The van der Waals surface area contributed by atoms with Crippen LogP contribution >= 0.6 is 0 Å². The topological polar surface area (TPSA) is 66.0 Å². The van der Waals surface area contributed by atoms with Gasteiger partial charge in [-0.25, -0.2) is 4.52 Å². The second-order valence-corrected chi connectivity index (χ2v) is 3.19. The van der Waals surface area contributed by atoms with E-state index in [1.807, 2.05) is 18.2 Å². The molecule has 0 saturated carbocycles. The van der Waals surface area contributed by atoms with E-state index in [4.69, 9.17) is 5.26 Å². The van der Waals surface area contributed by atoms with Crippen LogP contribution in [0.25, 0.3) is 5.65 Å². The summed E-state index contributed by atoms with van der Waals surface area (Å²) in [6.45, 7) is 0.927. The van der Waals surface area contributed by atoms with Gasteiger partial charge >= 0.3 is 0 Å². The van der Waals surface area contributed by atoms with Gasteiger partial charge in [-0.2, -0.15) is 10.2 Å². The molecule has 5 nitrogen and oxygen atoms in total. The number of aromatic nitrogens is 3. The van der Waals surface area contributed by atoms with Crippen LogP contribution in [0.5, 0.6) is 0 Å². The highest BCUT2D eigenvalue weighted by atomic mass is 15.3. The average molecular weight is 185 g/mol. The van der Waals surface area contributed by atoms with Crippen molar-refractivity contribution in [3.05, 3.63) is 23.7 Å². The standard InChI is InChI=1S/C9H7N5/c10-5-8-12-9-2-1-6-7(3-4-11-6)14(9)13-8/h1-2,11H,3-4H2. The fraction of sp³-hybridized carbons (Fsp3) is 0.222. The molecule has 0 saturated heterocycles. The Labute approximate surface area is 80.0 Å². The summed E-state index contributed by atoms with van der Waals surface area (Å²) in [5.74, 6) is 0.227. The molecule has 3 heterocycles. The molecule has 0 radical (unpaired) electrons. The molecule has 1 N–H and O–H groups in total. The first-order valence-corrected chi connectivity index (χ1v) is 4.41. The number of nitrogens with one attached hydrogen (secondary N) is 1. The van der Waals surface area contributed by atoms with Crippen molar-refractivity contribution in [1.29, 1.82) is 5.26 Å². The zero-order chi connectivity index (χ0) is 9.54. The van der Waals surface area contributed by atoms with E-state index in [1.54, 1.807) is 4.52 Å². The Kier molecular flexibility index (Phi) is 1.28. The van der Waals surface area contributed by atoms with Crippen LogP contribution < -0.4 is 5.32 Å². The fourth-order valence-electron chi connectivity index (χ4n) is 1.76. The van der Waals surface area contributed by atoms with Crippen molar-refractivity contribution in [2.45, 2.75) is 6.42 Å². The van der Waals surface area contributed by atoms with Crippen LogP contribution in [0.15, 0.2) is 12.1 Å². The SMILES string of the molecule is N#Cc1nc2ccc3c(n2n1)CCN3. The van der Waals surface area contributed by atoms with Gasteiger partial charge in [0.25, 0.3) is 5.82 Å².